The molecule has 0 amide bonds. The number of aryl methyl sites for hydroxylation is 1. The van der Waals surface area contributed by atoms with Crippen molar-refractivity contribution in [2.45, 2.75) is 32.8 Å². The molecule has 3 rings (SSSR count). The third-order valence-corrected chi connectivity index (χ3v) is 4.07. The molecule has 0 aromatic heterocycles. The third kappa shape index (κ3) is 2.62. The predicted octanol–water partition coefficient (Wildman–Crippen LogP) is 2.85. The van der Waals surface area contributed by atoms with Gasteiger partial charge in [-0.05, 0) is 38.0 Å². The van der Waals surface area contributed by atoms with E-state index in [-0.39, 0.29) is 0 Å². The zero-order chi connectivity index (χ0) is 16.6. The van der Waals surface area contributed by atoms with E-state index in [1.807, 2.05) is 44.2 Å². The van der Waals surface area contributed by atoms with E-state index in [1.54, 1.807) is 5.01 Å². The van der Waals surface area contributed by atoms with Crippen molar-refractivity contribution in [1.29, 1.82) is 5.26 Å². The average molecular weight is 308 g/mol. The minimum absolute atomic E-state index is 0.362. The number of para-hydroxylation sites is 1. The van der Waals surface area contributed by atoms with Crippen molar-refractivity contribution in [3.63, 3.8) is 0 Å². The number of benzene rings is 1. The van der Waals surface area contributed by atoms with Crippen LogP contribution in [0.4, 0.5) is 5.69 Å². The van der Waals surface area contributed by atoms with Gasteiger partial charge in [-0.1, -0.05) is 25.1 Å². The zero-order valence-electron chi connectivity index (χ0n) is 13.6. The Kier molecular flexibility index (Phi) is 3.70. The van der Waals surface area contributed by atoms with Crippen LogP contribution < -0.4 is 10.7 Å². The van der Waals surface area contributed by atoms with Gasteiger partial charge < -0.3 is 10.5 Å². The quantitative estimate of drug-likeness (QED) is 0.911. The van der Waals surface area contributed by atoms with Gasteiger partial charge in [0, 0.05) is 5.57 Å². The molecule has 0 atom stereocenters. The van der Waals surface area contributed by atoms with Gasteiger partial charge in [-0.2, -0.15) is 10.4 Å². The number of hydrogen-bond acceptors (Lipinski definition) is 5. The van der Waals surface area contributed by atoms with Crippen molar-refractivity contribution in [2.75, 3.05) is 11.6 Å². The van der Waals surface area contributed by atoms with Gasteiger partial charge in [0.2, 0.25) is 0 Å². The Labute approximate surface area is 136 Å². The van der Waals surface area contributed by atoms with Crippen molar-refractivity contribution >= 4 is 11.4 Å². The maximum Gasteiger partial charge on any atom is 0.144 e. The van der Waals surface area contributed by atoms with Crippen LogP contribution >= 0.6 is 0 Å². The highest BCUT2D eigenvalue weighted by Gasteiger charge is 2.33. The maximum atomic E-state index is 9.61. The van der Waals surface area contributed by atoms with Crippen LogP contribution in [0.2, 0.25) is 0 Å². The summed E-state index contributed by atoms with van der Waals surface area (Å²) in [6, 6.07) is 10.2. The van der Waals surface area contributed by atoms with Crippen molar-refractivity contribution < 1.29 is 4.74 Å². The predicted molar refractivity (Wildman–Crippen MR) is 90.7 cm³/mol. The van der Waals surface area contributed by atoms with Crippen molar-refractivity contribution in [3.05, 3.63) is 52.9 Å². The standard InChI is InChI=1S/C18H20N4O/c1-4-12-7-5-6-8-16(12)22-17(20)14(10-19)13-9-18(2,3)23-11-15(13)21-22/h5-9H,4,11,20H2,1-3H3. The molecule has 0 bridgehead atoms. The topological polar surface area (TPSA) is 74.6 Å². The summed E-state index contributed by atoms with van der Waals surface area (Å²) < 4.78 is 5.80. The number of rotatable bonds is 2. The Morgan fingerprint density at radius 1 is 1.39 bits per heavy atom. The maximum absolute atomic E-state index is 9.61. The summed E-state index contributed by atoms with van der Waals surface area (Å²) >= 11 is 0. The first-order valence-electron chi connectivity index (χ1n) is 7.69. The van der Waals surface area contributed by atoms with Gasteiger partial charge in [0.1, 0.15) is 17.5 Å². The first-order chi connectivity index (χ1) is 11.0. The second-order valence-corrected chi connectivity index (χ2v) is 6.16. The number of hydrazone groups is 1. The van der Waals surface area contributed by atoms with Crippen molar-refractivity contribution in [2.24, 2.45) is 10.8 Å². The van der Waals surface area contributed by atoms with E-state index in [9.17, 15) is 5.26 Å². The van der Waals surface area contributed by atoms with Gasteiger partial charge in [-0.25, -0.2) is 5.01 Å². The van der Waals surface area contributed by atoms with Crippen molar-refractivity contribution in [1.82, 2.24) is 0 Å². The van der Waals surface area contributed by atoms with E-state index in [0.717, 1.165) is 29.0 Å². The number of nitrogens with two attached hydrogens (primary N) is 1. The van der Waals surface area contributed by atoms with E-state index in [0.29, 0.717) is 18.0 Å². The highest BCUT2D eigenvalue weighted by Crippen LogP contribution is 2.33. The molecule has 23 heavy (non-hydrogen) atoms. The summed E-state index contributed by atoms with van der Waals surface area (Å²) in [7, 11) is 0. The average Bonchev–Trinajstić information content (AvgIpc) is 2.54. The highest BCUT2D eigenvalue weighted by molar-refractivity contribution is 6.08. The fraction of sp³-hybridized carbons (Fsp3) is 0.333. The molecule has 0 saturated carbocycles. The highest BCUT2D eigenvalue weighted by atomic mass is 16.5. The largest absolute Gasteiger partial charge is 0.383 e. The molecule has 0 aliphatic carbocycles. The summed E-state index contributed by atoms with van der Waals surface area (Å²) in [5.74, 6) is 0.362. The smallest absolute Gasteiger partial charge is 0.144 e. The number of allylic oxidation sites excluding steroid dienone is 1. The number of nitrogens with zero attached hydrogens (tertiary/aromatic N) is 3. The lowest BCUT2D eigenvalue weighted by Gasteiger charge is -2.34. The number of ether oxygens (including phenoxy) is 1. The van der Waals surface area contributed by atoms with Crippen LogP contribution in [0.25, 0.3) is 0 Å². The molecular formula is C18H20N4O. The normalized spacial score (nSPS) is 19.7. The van der Waals surface area contributed by atoms with Crippen LogP contribution in [-0.4, -0.2) is 17.9 Å². The third-order valence-electron chi connectivity index (χ3n) is 4.07. The monoisotopic (exact) mass is 308 g/mol. The summed E-state index contributed by atoms with van der Waals surface area (Å²) in [5.41, 5.74) is 9.85. The van der Waals surface area contributed by atoms with E-state index in [1.165, 1.54) is 0 Å². The van der Waals surface area contributed by atoms with Gasteiger partial charge in [0.15, 0.2) is 0 Å². The zero-order valence-corrected chi connectivity index (χ0v) is 13.6. The molecule has 5 nitrogen and oxygen atoms in total. The number of anilines is 1. The van der Waals surface area contributed by atoms with Gasteiger partial charge in [-0.3, -0.25) is 0 Å². The second-order valence-electron chi connectivity index (χ2n) is 6.16. The minimum atomic E-state index is -0.430. The Morgan fingerprint density at radius 3 is 2.83 bits per heavy atom. The molecule has 2 aliphatic rings. The molecule has 0 saturated heterocycles. The van der Waals surface area contributed by atoms with Crippen LogP contribution in [0.15, 0.2) is 52.4 Å². The minimum Gasteiger partial charge on any atom is -0.383 e. The molecule has 0 spiro atoms. The molecule has 0 unspecified atom stereocenters. The first kappa shape index (κ1) is 15.3. The molecule has 2 N–H and O–H groups in total. The molecule has 1 aromatic carbocycles. The van der Waals surface area contributed by atoms with Gasteiger partial charge >= 0.3 is 0 Å². The van der Waals surface area contributed by atoms with Crippen LogP contribution in [0.1, 0.15) is 26.3 Å². The molecule has 0 fully saturated rings. The molecule has 118 valence electrons. The molecule has 1 aromatic rings. The lowest BCUT2D eigenvalue weighted by atomic mass is 9.92. The van der Waals surface area contributed by atoms with E-state index >= 15 is 0 Å². The lowest BCUT2D eigenvalue weighted by Crippen LogP contribution is -2.39. The van der Waals surface area contributed by atoms with E-state index in [4.69, 9.17) is 10.5 Å². The van der Waals surface area contributed by atoms with Gasteiger partial charge in [-0.15, -0.1) is 0 Å². The molecule has 5 heteroatoms. The van der Waals surface area contributed by atoms with Crippen molar-refractivity contribution in [3.8, 4) is 6.07 Å². The van der Waals surface area contributed by atoms with Crippen LogP contribution in [0, 0.1) is 11.3 Å². The Bertz CT molecular complexity index is 780. The molecular weight excluding hydrogens is 288 g/mol. The van der Waals surface area contributed by atoms with E-state index < -0.39 is 5.60 Å². The number of nitriles is 1. The number of hydrogen-bond donors (Lipinski definition) is 1. The van der Waals surface area contributed by atoms with Crippen LogP contribution in [0.5, 0.6) is 0 Å². The molecule has 0 radical (unpaired) electrons. The lowest BCUT2D eigenvalue weighted by molar-refractivity contribution is 0.0409. The Balaban J connectivity index is 2.16. The Hall–Kier alpha value is -2.58. The van der Waals surface area contributed by atoms with Crippen LogP contribution in [-0.2, 0) is 11.2 Å². The summed E-state index contributed by atoms with van der Waals surface area (Å²) in [5, 5.41) is 15.9. The first-order valence-corrected chi connectivity index (χ1v) is 7.69. The summed E-state index contributed by atoms with van der Waals surface area (Å²) in [6.45, 7) is 6.36. The Morgan fingerprint density at radius 2 is 2.13 bits per heavy atom. The fourth-order valence-corrected chi connectivity index (χ4v) is 2.84. The molecule has 2 aliphatic heterocycles. The van der Waals surface area contributed by atoms with Crippen LogP contribution in [0.3, 0.4) is 0 Å². The molecule has 2 heterocycles. The van der Waals surface area contributed by atoms with E-state index in [2.05, 4.69) is 18.1 Å². The number of fused-ring (bicyclic) bond motifs is 1. The summed E-state index contributed by atoms with van der Waals surface area (Å²) in [6.07, 6.45) is 2.78. The second kappa shape index (κ2) is 5.56. The van der Waals surface area contributed by atoms with Gasteiger partial charge in [0.05, 0.1) is 23.6 Å². The summed E-state index contributed by atoms with van der Waals surface area (Å²) in [4.78, 5) is 0. The fourth-order valence-electron chi connectivity index (χ4n) is 2.84. The van der Waals surface area contributed by atoms with Gasteiger partial charge in [0.25, 0.3) is 0 Å². The SMILES string of the molecule is CCc1ccccc1N1N=C2COC(C)(C)C=C2C(C#N)=C1N.